The minimum atomic E-state index is -0.472. The van der Waals surface area contributed by atoms with Crippen LogP contribution in [0.5, 0.6) is 0 Å². The lowest BCUT2D eigenvalue weighted by molar-refractivity contribution is -0.0782. The molecule has 2 aromatic rings. The van der Waals surface area contributed by atoms with Crippen molar-refractivity contribution in [3.63, 3.8) is 0 Å². The molecular weight excluding hydrogens is 302 g/mol. The van der Waals surface area contributed by atoms with E-state index < -0.39 is 11.8 Å². The van der Waals surface area contributed by atoms with Gasteiger partial charge in [0.05, 0.1) is 16.1 Å². The molecule has 0 N–H and O–H groups in total. The molecule has 0 saturated heterocycles. The smallest absolute Gasteiger partial charge is 0.266 e. The lowest BCUT2D eigenvalue weighted by Gasteiger charge is -2.10. The van der Waals surface area contributed by atoms with Crippen molar-refractivity contribution in [2.75, 3.05) is 6.61 Å². The molecule has 0 aliphatic carbocycles. The van der Waals surface area contributed by atoms with Crippen LogP contribution in [0.3, 0.4) is 0 Å². The Morgan fingerprint density at radius 3 is 2.18 bits per heavy atom. The van der Waals surface area contributed by atoms with Crippen molar-refractivity contribution in [1.29, 1.82) is 0 Å². The number of hydroxylamine groups is 2. The molecule has 2 aromatic carbocycles. The summed E-state index contributed by atoms with van der Waals surface area (Å²) in [6, 6.07) is 13.7. The second kappa shape index (κ2) is 6.02. The third-order valence-corrected chi connectivity index (χ3v) is 3.45. The number of rotatable bonds is 2. The zero-order valence-electron chi connectivity index (χ0n) is 11.4. The van der Waals surface area contributed by atoms with Gasteiger partial charge >= 0.3 is 0 Å². The number of fused-ring (bicyclic) bond motifs is 1. The summed E-state index contributed by atoms with van der Waals surface area (Å²) >= 11 is 5.98. The van der Waals surface area contributed by atoms with Gasteiger partial charge in [0.15, 0.2) is 0 Å². The summed E-state index contributed by atoms with van der Waals surface area (Å²) in [7, 11) is 0. The predicted molar refractivity (Wildman–Crippen MR) is 81.2 cm³/mol. The Morgan fingerprint density at radius 1 is 0.955 bits per heavy atom. The van der Waals surface area contributed by atoms with Crippen LogP contribution in [0.2, 0.25) is 5.02 Å². The van der Waals surface area contributed by atoms with Crippen molar-refractivity contribution in [2.24, 2.45) is 0 Å². The molecule has 0 aromatic heterocycles. The van der Waals surface area contributed by atoms with E-state index >= 15 is 0 Å². The number of halogens is 1. The second-order valence-corrected chi connectivity index (χ2v) is 4.91. The Bertz CT molecular complexity index is 785. The summed E-state index contributed by atoms with van der Waals surface area (Å²) < 4.78 is 0. The fourth-order valence-electron chi connectivity index (χ4n) is 2.08. The molecule has 0 saturated carbocycles. The molecule has 1 heterocycles. The van der Waals surface area contributed by atoms with Gasteiger partial charge < -0.3 is 0 Å². The van der Waals surface area contributed by atoms with Crippen molar-refractivity contribution in [3.8, 4) is 11.8 Å². The summed E-state index contributed by atoms with van der Waals surface area (Å²) in [6.07, 6.45) is 0. The number of hydrogen-bond acceptors (Lipinski definition) is 3. The van der Waals surface area contributed by atoms with Crippen LogP contribution in [0, 0.1) is 11.8 Å². The Labute approximate surface area is 132 Å². The Balaban J connectivity index is 1.68. The lowest BCUT2D eigenvalue weighted by Crippen LogP contribution is -2.30. The van der Waals surface area contributed by atoms with Crippen LogP contribution < -0.4 is 0 Å². The van der Waals surface area contributed by atoms with Gasteiger partial charge in [-0.2, -0.15) is 0 Å². The first-order chi connectivity index (χ1) is 10.7. The summed E-state index contributed by atoms with van der Waals surface area (Å²) in [5, 5.41) is 1.28. The minimum absolute atomic E-state index is 0.0866. The molecule has 5 heteroatoms. The molecule has 1 aliphatic heterocycles. The number of amides is 2. The van der Waals surface area contributed by atoms with Gasteiger partial charge in [0.1, 0.15) is 6.61 Å². The molecular formula is C17H10ClNO3. The monoisotopic (exact) mass is 311 g/mol. The first-order valence-corrected chi connectivity index (χ1v) is 6.90. The van der Waals surface area contributed by atoms with Crippen LogP contribution in [0.1, 0.15) is 26.3 Å². The lowest BCUT2D eigenvalue weighted by atomic mass is 10.1. The quantitative estimate of drug-likeness (QED) is 0.633. The van der Waals surface area contributed by atoms with Gasteiger partial charge in [0.25, 0.3) is 11.8 Å². The van der Waals surface area contributed by atoms with E-state index in [0.717, 1.165) is 5.06 Å². The van der Waals surface area contributed by atoms with E-state index in [4.69, 9.17) is 16.4 Å². The molecule has 0 spiro atoms. The molecule has 0 unspecified atom stereocenters. The molecule has 0 fully saturated rings. The highest BCUT2D eigenvalue weighted by Gasteiger charge is 2.36. The van der Waals surface area contributed by atoms with Gasteiger partial charge in [-0.15, -0.1) is 5.06 Å². The molecule has 108 valence electrons. The maximum absolute atomic E-state index is 12.0. The van der Waals surface area contributed by atoms with Gasteiger partial charge in [0, 0.05) is 5.56 Å². The molecule has 0 bridgehead atoms. The maximum Gasteiger partial charge on any atom is 0.285 e. The first kappa shape index (κ1) is 14.3. The van der Waals surface area contributed by atoms with Crippen molar-refractivity contribution < 1.29 is 14.4 Å². The van der Waals surface area contributed by atoms with Gasteiger partial charge in [-0.1, -0.05) is 47.7 Å². The summed E-state index contributed by atoms with van der Waals surface area (Å²) in [5.74, 6) is 4.62. The van der Waals surface area contributed by atoms with Gasteiger partial charge in [-0.05, 0) is 24.3 Å². The fourth-order valence-corrected chi connectivity index (χ4v) is 2.26. The topological polar surface area (TPSA) is 46.6 Å². The van der Waals surface area contributed by atoms with Crippen LogP contribution in [-0.4, -0.2) is 23.5 Å². The van der Waals surface area contributed by atoms with Gasteiger partial charge in [0.2, 0.25) is 0 Å². The number of benzene rings is 2. The minimum Gasteiger partial charge on any atom is -0.266 e. The third-order valence-electron chi connectivity index (χ3n) is 3.12. The Morgan fingerprint density at radius 2 is 1.55 bits per heavy atom. The highest BCUT2D eigenvalue weighted by atomic mass is 35.5. The molecule has 0 radical (unpaired) electrons. The third kappa shape index (κ3) is 2.60. The average Bonchev–Trinajstić information content (AvgIpc) is 2.78. The summed E-state index contributed by atoms with van der Waals surface area (Å²) in [5.41, 5.74) is 1.34. The second-order valence-electron chi connectivity index (χ2n) is 4.51. The van der Waals surface area contributed by atoms with E-state index in [1.54, 1.807) is 36.4 Å². The van der Waals surface area contributed by atoms with E-state index in [-0.39, 0.29) is 6.61 Å². The normalized spacial score (nSPS) is 12.9. The van der Waals surface area contributed by atoms with E-state index in [1.165, 1.54) is 0 Å². The average molecular weight is 312 g/mol. The maximum atomic E-state index is 12.0. The van der Waals surface area contributed by atoms with Gasteiger partial charge in [-0.25, -0.2) is 4.84 Å². The van der Waals surface area contributed by atoms with E-state index in [0.29, 0.717) is 21.7 Å². The van der Waals surface area contributed by atoms with Crippen LogP contribution in [0.15, 0.2) is 48.5 Å². The van der Waals surface area contributed by atoms with Crippen molar-refractivity contribution in [2.45, 2.75) is 0 Å². The van der Waals surface area contributed by atoms with E-state index in [2.05, 4.69) is 11.8 Å². The largest absolute Gasteiger partial charge is 0.285 e. The van der Waals surface area contributed by atoms with Crippen LogP contribution in [0.4, 0.5) is 0 Å². The number of hydrogen-bond donors (Lipinski definition) is 0. The van der Waals surface area contributed by atoms with Gasteiger partial charge in [-0.3, -0.25) is 9.59 Å². The molecule has 3 rings (SSSR count). The standard InChI is InChI=1S/C17H10ClNO3/c18-15-10-4-1-6-12(15)7-5-11-22-19-16(20)13-8-2-3-9-14(13)17(19)21/h1-4,6,8-10H,11H2. The predicted octanol–water partition coefficient (Wildman–Crippen LogP) is 2.92. The number of imide groups is 1. The van der Waals surface area contributed by atoms with Crippen LogP contribution >= 0.6 is 11.6 Å². The number of nitrogens with zero attached hydrogens (tertiary/aromatic N) is 1. The summed E-state index contributed by atoms with van der Waals surface area (Å²) in [6.45, 7) is -0.0866. The highest BCUT2D eigenvalue weighted by Crippen LogP contribution is 2.22. The Kier molecular flexibility index (Phi) is 3.92. The zero-order chi connectivity index (χ0) is 15.5. The molecule has 2 amide bonds. The van der Waals surface area contributed by atoms with E-state index in [1.807, 2.05) is 12.1 Å². The zero-order valence-corrected chi connectivity index (χ0v) is 12.1. The fraction of sp³-hybridized carbons (Fsp3) is 0.0588. The van der Waals surface area contributed by atoms with E-state index in [9.17, 15) is 9.59 Å². The van der Waals surface area contributed by atoms with Crippen molar-refractivity contribution in [3.05, 3.63) is 70.2 Å². The number of carbonyl (C=O) groups is 2. The molecule has 1 aliphatic rings. The van der Waals surface area contributed by atoms with Crippen LogP contribution in [0.25, 0.3) is 0 Å². The SMILES string of the molecule is O=C1c2ccccc2C(=O)N1OCC#Cc1ccccc1Cl. The summed E-state index contributed by atoms with van der Waals surface area (Å²) in [4.78, 5) is 29.3. The molecule has 22 heavy (non-hydrogen) atoms. The molecule has 0 atom stereocenters. The van der Waals surface area contributed by atoms with Crippen molar-refractivity contribution >= 4 is 23.4 Å². The highest BCUT2D eigenvalue weighted by molar-refractivity contribution is 6.31. The van der Waals surface area contributed by atoms with Crippen molar-refractivity contribution in [1.82, 2.24) is 5.06 Å². The first-order valence-electron chi connectivity index (χ1n) is 6.52. The molecule has 4 nitrogen and oxygen atoms in total. The van der Waals surface area contributed by atoms with Crippen LogP contribution in [-0.2, 0) is 4.84 Å². The number of carbonyl (C=O) groups excluding carboxylic acids is 2. The Hall–Kier alpha value is -2.61.